The Morgan fingerprint density at radius 3 is 2.88 bits per heavy atom. The number of rotatable bonds is 2. The minimum atomic E-state index is -0.493. The van der Waals surface area contributed by atoms with E-state index in [1.807, 2.05) is 42.5 Å². The fraction of sp³-hybridized carbons (Fsp3) is 0. The van der Waals surface area contributed by atoms with Crippen LogP contribution < -0.4 is 10.6 Å². The van der Waals surface area contributed by atoms with Crippen LogP contribution in [0.4, 0.5) is 0 Å². The molecule has 0 saturated heterocycles. The van der Waals surface area contributed by atoms with E-state index in [0.29, 0.717) is 10.6 Å². The first-order chi connectivity index (χ1) is 11.6. The molecule has 0 fully saturated rings. The van der Waals surface area contributed by atoms with Gasteiger partial charge in [0.1, 0.15) is 10.6 Å². The topological polar surface area (TPSA) is 51.0 Å². The van der Waals surface area contributed by atoms with Crippen LogP contribution in [-0.2, 0) is 4.84 Å². The summed E-state index contributed by atoms with van der Waals surface area (Å²) in [5, 5.41) is 5.94. The van der Waals surface area contributed by atoms with Gasteiger partial charge in [-0.25, -0.2) is 9.79 Å². The number of hydrogen-bond donors (Lipinski definition) is 0. The van der Waals surface area contributed by atoms with Gasteiger partial charge in [-0.1, -0.05) is 29.4 Å². The minimum absolute atomic E-state index is 0.468. The fourth-order valence-electron chi connectivity index (χ4n) is 2.47. The van der Waals surface area contributed by atoms with E-state index in [1.165, 1.54) is 11.3 Å². The van der Waals surface area contributed by atoms with Crippen molar-refractivity contribution in [2.24, 2.45) is 10.1 Å². The number of halogens is 2. The molecule has 4 nitrogen and oxygen atoms in total. The summed E-state index contributed by atoms with van der Waals surface area (Å²) in [6.07, 6.45) is 5.58. The summed E-state index contributed by atoms with van der Waals surface area (Å²) in [7, 11) is 0. The van der Waals surface area contributed by atoms with Crippen LogP contribution in [-0.4, -0.2) is 11.7 Å². The number of allylic oxidation sites excluding steroid dienone is 4. The van der Waals surface area contributed by atoms with Crippen LogP contribution in [0.15, 0.2) is 72.7 Å². The number of benzene rings is 1. The molecule has 0 amide bonds. The first kappa shape index (κ1) is 15.7. The van der Waals surface area contributed by atoms with Crippen LogP contribution in [0.5, 0.6) is 0 Å². The highest BCUT2D eigenvalue weighted by atomic mass is 79.9. The molecule has 1 aliphatic carbocycles. The van der Waals surface area contributed by atoms with Crippen molar-refractivity contribution < 1.29 is 9.63 Å². The number of hydrogen-bond acceptors (Lipinski definition) is 5. The number of para-hydroxylation sites is 1. The molecule has 0 radical (unpaired) electrons. The normalized spacial score (nSPS) is 16.5. The Labute approximate surface area is 157 Å². The standard InChI is InChI=1S/C17H8Br2N2O2S/c18-10-8-14(24-16(10)19)17(22)23-21-13-7-3-6-12-15(13)9-4-1-2-5-11(9)20-12/h1-8H. The maximum Gasteiger partial charge on any atom is 0.375 e. The molecule has 7 heteroatoms. The Balaban J connectivity index is 1.69. The molecule has 0 saturated carbocycles. The van der Waals surface area contributed by atoms with Crippen LogP contribution in [0.3, 0.4) is 0 Å². The van der Waals surface area contributed by atoms with Gasteiger partial charge in [0.05, 0.1) is 14.8 Å². The second kappa shape index (κ2) is 6.23. The lowest BCUT2D eigenvalue weighted by molar-refractivity contribution is 0.0523. The number of oxime groups is 1. The number of thiophene rings is 1. The quantitative estimate of drug-likeness (QED) is 0.503. The molecule has 0 N–H and O–H groups in total. The van der Waals surface area contributed by atoms with Gasteiger partial charge < -0.3 is 4.84 Å². The maximum absolute atomic E-state index is 12.2. The predicted octanol–water partition coefficient (Wildman–Crippen LogP) is 3.72. The van der Waals surface area contributed by atoms with E-state index in [4.69, 9.17) is 4.84 Å². The van der Waals surface area contributed by atoms with E-state index in [9.17, 15) is 4.79 Å². The van der Waals surface area contributed by atoms with Gasteiger partial charge in [0.2, 0.25) is 0 Å². The minimum Gasteiger partial charge on any atom is -0.311 e. The second-order valence-corrected chi connectivity index (χ2v) is 8.23. The second-order valence-electron chi connectivity index (χ2n) is 5.00. The first-order valence-corrected chi connectivity index (χ1v) is 9.35. The first-order valence-electron chi connectivity index (χ1n) is 6.95. The van der Waals surface area contributed by atoms with Gasteiger partial charge in [0, 0.05) is 15.3 Å². The molecular weight excluding hydrogens is 456 g/mol. The van der Waals surface area contributed by atoms with Crippen molar-refractivity contribution in [2.75, 3.05) is 0 Å². The zero-order chi connectivity index (χ0) is 16.7. The van der Waals surface area contributed by atoms with Gasteiger partial charge in [0.15, 0.2) is 0 Å². The SMILES string of the molecule is O=C(ON=C1C=CC=C2N=c3ccccc3=C21)c1cc(Br)c(Br)s1. The lowest BCUT2D eigenvalue weighted by Crippen LogP contribution is -2.24. The van der Waals surface area contributed by atoms with Crippen molar-refractivity contribution >= 4 is 60.5 Å². The van der Waals surface area contributed by atoms with E-state index in [2.05, 4.69) is 42.0 Å². The zero-order valence-electron chi connectivity index (χ0n) is 12.0. The summed E-state index contributed by atoms with van der Waals surface area (Å²) in [6, 6.07) is 9.53. The van der Waals surface area contributed by atoms with Crippen LogP contribution in [0, 0.1) is 0 Å². The average molecular weight is 464 g/mol. The van der Waals surface area contributed by atoms with E-state index in [0.717, 1.165) is 30.1 Å². The summed E-state index contributed by atoms with van der Waals surface area (Å²) in [6.45, 7) is 0. The molecule has 24 heavy (non-hydrogen) atoms. The fourth-order valence-corrected chi connectivity index (χ4v) is 4.38. The van der Waals surface area contributed by atoms with Gasteiger partial charge in [-0.2, -0.15) is 0 Å². The Kier molecular flexibility index (Phi) is 4.07. The maximum atomic E-state index is 12.2. The van der Waals surface area contributed by atoms with Crippen molar-refractivity contribution in [1.82, 2.24) is 0 Å². The Morgan fingerprint density at radius 2 is 2.08 bits per heavy atom. The smallest absolute Gasteiger partial charge is 0.311 e. The molecule has 2 aromatic rings. The third-order valence-electron chi connectivity index (χ3n) is 3.51. The van der Waals surface area contributed by atoms with Gasteiger partial charge in [-0.05, 0) is 56.1 Å². The highest BCUT2D eigenvalue weighted by molar-refractivity contribution is 9.13. The lowest BCUT2D eigenvalue weighted by Gasteiger charge is -2.07. The molecule has 0 unspecified atom stereocenters. The van der Waals surface area contributed by atoms with E-state index in [1.54, 1.807) is 6.07 Å². The monoisotopic (exact) mass is 462 g/mol. The Hall–Kier alpha value is -1.83. The highest BCUT2D eigenvalue weighted by Gasteiger charge is 2.20. The van der Waals surface area contributed by atoms with Crippen LogP contribution >= 0.6 is 43.2 Å². The van der Waals surface area contributed by atoms with E-state index in [-0.39, 0.29) is 0 Å². The Bertz CT molecular complexity index is 1060. The summed E-state index contributed by atoms with van der Waals surface area (Å²) >= 11 is 8.00. The summed E-state index contributed by atoms with van der Waals surface area (Å²) in [5.41, 5.74) is 2.30. The van der Waals surface area contributed by atoms with Crippen molar-refractivity contribution in [2.45, 2.75) is 0 Å². The molecule has 1 aliphatic heterocycles. The third-order valence-corrected chi connectivity index (χ3v) is 6.74. The van der Waals surface area contributed by atoms with Gasteiger partial charge in [-0.3, -0.25) is 0 Å². The molecule has 1 aromatic carbocycles. The molecule has 118 valence electrons. The summed E-state index contributed by atoms with van der Waals surface area (Å²) in [4.78, 5) is 22.3. The number of fused-ring (bicyclic) bond motifs is 2. The third kappa shape index (κ3) is 2.72. The van der Waals surface area contributed by atoms with Crippen molar-refractivity contribution in [1.29, 1.82) is 0 Å². The molecular formula is C17H8Br2N2O2S. The lowest BCUT2D eigenvalue weighted by atomic mass is 10.0. The summed E-state index contributed by atoms with van der Waals surface area (Å²) in [5.74, 6) is -0.493. The molecule has 2 heterocycles. The summed E-state index contributed by atoms with van der Waals surface area (Å²) < 4.78 is 1.65. The zero-order valence-corrected chi connectivity index (χ0v) is 16.0. The highest BCUT2D eigenvalue weighted by Crippen LogP contribution is 2.32. The van der Waals surface area contributed by atoms with Crippen LogP contribution in [0.1, 0.15) is 9.67 Å². The van der Waals surface area contributed by atoms with Crippen molar-refractivity contribution in [3.63, 3.8) is 0 Å². The molecule has 4 rings (SSSR count). The van der Waals surface area contributed by atoms with Gasteiger partial charge in [0.25, 0.3) is 0 Å². The number of nitrogens with zero attached hydrogens (tertiary/aromatic N) is 2. The van der Waals surface area contributed by atoms with Crippen LogP contribution in [0.25, 0.3) is 5.57 Å². The number of carbonyl (C=O) groups is 1. The number of carbonyl (C=O) groups excluding carboxylic acids is 1. The molecule has 0 spiro atoms. The largest absolute Gasteiger partial charge is 0.375 e. The average Bonchev–Trinajstić information content (AvgIpc) is 3.13. The molecule has 0 atom stereocenters. The molecule has 1 aromatic heterocycles. The molecule has 0 bridgehead atoms. The Morgan fingerprint density at radius 1 is 1.25 bits per heavy atom. The van der Waals surface area contributed by atoms with Gasteiger partial charge in [-0.15, -0.1) is 11.3 Å². The van der Waals surface area contributed by atoms with Crippen LogP contribution in [0.2, 0.25) is 0 Å². The van der Waals surface area contributed by atoms with E-state index >= 15 is 0 Å². The van der Waals surface area contributed by atoms with Crippen molar-refractivity contribution in [3.05, 3.63) is 78.0 Å². The van der Waals surface area contributed by atoms with Gasteiger partial charge >= 0.3 is 5.97 Å². The molecule has 2 aliphatic rings. The van der Waals surface area contributed by atoms with Crippen molar-refractivity contribution in [3.8, 4) is 0 Å². The van der Waals surface area contributed by atoms with E-state index < -0.39 is 5.97 Å². The predicted molar refractivity (Wildman–Crippen MR) is 100 cm³/mol.